The van der Waals surface area contributed by atoms with E-state index in [1.165, 1.54) is 6.07 Å². The van der Waals surface area contributed by atoms with Crippen LogP contribution in [0.4, 0.5) is 13.2 Å². The van der Waals surface area contributed by atoms with E-state index in [4.69, 9.17) is 0 Å². The quantitative estimate of drug-likeness (QED) is 0.884. The zero-order valence-corrected chi connectivity index (χ0v) is 11.8. The predicted octanol–water partition coefficient (Wildman–Crippen LogP) is 3.83. The molecule has 1 aromatic carbocycles. The fraction of sp³-hybridized carbons (Fsp3) is 0.533. The number of aromatic amines is 1. The van der Waals surface area contributed by atoms with Crippen LogP contribution in [0.2, 0.25) is 0 Å². The van der Waals surface area contributed by atoms with E-state index in [0.29, 0.717) is 17.1 Å². The molecule has 114 valence electrons. The van der Waals surface area contributed by atoms with Gasteiger partial charge >= 0.3 is 6.18 Å². The number of hydrogen-bond donors (Lipinski definition) is 2. The van der Waals surface area contributed by atoms with Crippen LogP contribution in [-0.4, -0.2) is 23.1 Å². The number of nitrogens with one attached hydrogen (secondary N) is 2. The van der Waals surface area contributed by atoms with Gasteiger partial charge in [0, 0.05) is 12.0 Å². The van der Waals surface area contributed by atoms with Gasteiger partial charge in [0.25, 0.3) is 0 Å². The third kappa shape index (κ3) is 2.90. The molecule has 0 bridgehead atoms. The number of halogens is 3. The van der Waals surface area contributed by atoms with Gasteiger partial charge in [-0.05, 0) is 44.5 Å². The number of aromatic nitrogens is 2. The third-order valence-corrected chi connectivity index (χ3v) is 4.30. The molecule has 0 aliphatic heterocycles. The average Bonchev–Trinajstić information content (AvgIpc) is 2.89. The first-order chi connectivity index (χ1) is 9.97. The SMILES string of the molecule is CNC1CCCC(c2nc3ccc(C(F)(F)F)cc3[nH]2)C1. The molecule has 0 spiro atoms. The van der Waals surface area contributed by atoms with E-state index in [1.807, 2.05) is 7.05 Å². The summed E-state index contributed by atoms with van der Waals surface area (Å²) in [6.45, 7) is 0. The van der Waals surface area contributed by atoms with E-state index in [-0.39, 0.29) is 5.92 Å². The second-order valence-electron chi connectivity index (χ2n) is 5.70. The minimum Gasteiger partial charge on any atom is -0.342 e. The van der Waals surface area contributed by atoms with Gasteiger partial charge in [0.05, 0.1) is 16.6 Å². The van der Waals surface area contributed by atoms with Crippen LogP contribution in [0.15, 0.2) is 18.2 Å². The number of imidazole rings is 1. The molecule has 2 N–H and O–H groups in total. The van der Waals surface area contributed by atoms with Crippen LogP contribution in [0.3, 0.4) is 0 Å². The molecule has 1 heterocycles. The Morgan fingerprint density at radius 1 is 1.29 bits per heavy atom. The van der Waals surface area contributed by atoms with Crippen LogP contribution >= 0.6 is 0 Å². The Morgan fingerprint density at radius 3 is 2.81 bits per heavy atom. The van der Waals surface area contributed by atoms with Crippen molar-refractivity contribution in [3.63, 3.8) is 0 Å². The zero-order valence-electron chi connectivity index (χ0n) is 11.8. The van der Waals surface area contributed by atoms with Gasteiger partial charge in [0.2, 0.25) is 0 Å². The summed E-state index contributed by atoms with van der Waals surface area (Å²) in [5.74, 6) is 1.10. The van der Waals surface area contributed by atoms with Gasteiger partial charge in [-0.2, -0.15) is 13.2 Å². The molecule has 1 aromatic heterocycles. The van der Waals surface area contributed by atoms with Crippen molar-refractivity contribution < 1.29 is 13.2 Å². The first-order valence-corrected chi connectivity index (χ1v) is 7.21. The van der Waals surface area contributed by atoms with Gasteiger partial charge < -0.3 is 10.3 Å². The first-order valence-electron chi connectivity index (χ1n) is 7.21. The van der Waals surface area contributed by atoms with Gasteiger partial charge in [-0.3, -0.25) is 0 Å². The van der Waals surface area contributed by atoms with Crippen LogP contribution in [0.25, 0.3) is 11.0 Å². The summed E-state index contributed by atoms with van der Waals surface area (Å²) in [5.41, 5.74) is 0.429. The van der Waals surface area contributed by atoms with Crippen molar-refractivity contribution in [1.29, 1.82) is 0 Å². The van der Waals surface area contributed by atoms with E-state index < -0.39 is 11.7 Å². The summed E-state index contributed by atoms with van der Waals surface area (Å²) in [7, 11) is 1.95. The maximum atomic E-state index is 12.7. The average molecular weight is 297 g/mol. The monoisotopic (exact) mass is 297 g/mol. The van der Waals surface area contributed by atoms with Crippen molar-refractivity contribution in [2.45, 2.75) is 43.8 Å². The molecule has 2 aromatic rings. The van der Waals surface area contributed by atoms with Crippen molar-refractivity contribution in [3.05, 3.63) is 29.6 Å². The molecule has 1 saturated carbocycles. The van der Waals surface area contributed by atoms with Crippen molar-refractivity contribution >= 4 is 11.0 Å². The Labute approximate surface area is 121 Å². The maximum absolute atomic E-state index is 12.7. The van der Waals surface area contributed by atoms with Crippen molar-refractivity contribution in [3.8, 4) is 0 Å². The Morgan fingerprint density at radius 2 is 2.10 bits per heavy atom. The normalized spacial score (nSPS) is 23.6. The molecule has 0 saturated heterocycles. The number of benzene rings is 1. The molecular formula is C15H18F3N3. The Kier molecular flexibility index (Phi) is 3.65. The Hall–Kier alpha value is -1.56. The number of fused-ring (bicyclic) bond motifs is 1. The van der Waals surface area contributed by atoms with Crippen LogP contribution in [0.5, 0.6) is 0 Å². The van der Waals surface area contributed by atoms with E-state index in [2.05, 4.69) is 15.3 Å². The second-order valence-corrected chi connectivity index (χ2v) is 5.70. The summed E-state index contributed by atoms with van der Waals surface area (Å²) >= 11 is 0. The predicted molar refractivity (Wildman–Crippen MR) is 75.2 cm³/mol. The minimum atomic E-state index is -4.32. The highest BCUT2D eigenvalue weighted by Gasteiger charge is 2.31. The highest BCUT2D eigenvalue weighted by Crippen LogP contribution is 2.34. The number of hydrogen-bond acceptors (Lipinski definition) is 2. The smallest absolute Gasteiger partial charge is 0.342 e. The molecule has 2 unspecified atom stereocenters. The molecule has 0 radical (unpaired) electrons. The number of alkyl halides is 3. The molecule has 6 heteroatoms. The molecule has 1 fully saturated rings. The van der Waals surface area contributed by atoms with E-state index in [0.717, 1.165) is 43.6 Å². The maximum Gasteiger partial charge on any atom is 0.416 e. The van der Waals surface area contributed by atoms with Crippen LogP contribution < -0.4 is 5.32 Å². The van der Waals surface area contributed by atoms with Gasteiger partial charge in [-0.15, -0.1) is 0 Å². The van der Waals surface area contributed by atoms with Gasteiger partial charge in [-0.1, -0.05) is 6.42 Å². The molecule has 3 nitrogen and oxygen atoms in total. The topological polar surface area (TPSA) is 40.7 Å². The molecule has 1 aliphatic rings. The highest BCUT2D eigenvalue weighted by molar-refractivity contribution is 5.76. The Balaban J connectivity index is 1.90. The highest BCUT2D eigenvalue weighted by atomic mass is 19.4. The van der Waals surface area contributed by atoms with Crippen molar-refractivity contribution in [2.75, 3.05) is 7.05 Å². The summed E-state index contributed by atoms with van der Waals surface area (Å²) in [6.07, 6.45) is -0.0550. The van der Waals surface area contributed by atoms with E-state index in [9.17, 15) is 13.2 Å². The van der Waals surface area contributed by atoms with Crippen molar-refractivity contribution in [2.24, 2.45) is 0 Å². The van der Waals surface area contributed by atoms with Crippen molar-refractivity contribution in [1.82, 2.24) is 15.3 Å². The molecule has 0 amide bonds. The largest absolute Gasteiger partial charge is 0.416 e. The van der Waals surface area contributed by atoms with E-state index in [1.54, 1.807) is 0 Å². The third-order valence-electron chi connectivity index (χ3n) is 4.30. The van der Waals surface area contributed by atoms with Gasteiger partial charge in [-0.25, -0.2) is 4.98 Å². The summed E-state index contributed by atoms with van der Waals surface area (Å²) < 4.78 is 38.2. The standard InChI is InChI=1S/C15H18F3N3/c1-19-11-4-2-3-9(7-11)14-20-12-6-5-10(15(16,17)18)8-13(12)21-14/h5-6,8-9,11,19H,2-4,7H2,1H3,(H,20,21). The summed E-state index contributed by atoms with van der Waals surface area (Å²) in [4.78, 5) is 7.56. The lowest BCUT2D eigenvalue weighted by Crippen LogP contribution is -2.30. The van der Waals surface area contributed by atoms with Gasteiger partial charge in [0.15, 0.2) is 0 Å². The second kappa shape index (κ2) is 5.33. The molecular weight excluding hydrogens is 279 g/mol. The van der Waals surface area contributed by atoms with Crippen LogP contribution in [0, 0.1) is 0 Å². The summed E-state index contributed by atoms with van der Waals surface area (Å²) in [5, 5.41) is 3.28. The fourth-order valence-corrected chi connectivity index (χ4v) is 3.10. The minimum absolute atomic E-state index is 0.290. The van der Waals surface area contributed by atoms with Crippen LogP contribution in [-0.2, 0) is 6.18 Å². The number of H-pyrrole nitrogens is 1. The number of nitrogens with zero attached hydrogens (tertiary/aromatic N) is 1. The lowest BCUT2D eigenvalue weighted by Gasteiger charge is -2.27. The lowest BCUT2D eigenvalue weighted by atomic mass is 9.85. The molecule has 3 rings (SSSR count). The molecule has 21 heavy (non-hydrogen) atoms. The fourth-order valence-electron chi connectivity index (χ4n) is 3.10. The Bertz CT molecular complexity index is 633. The lowest BCUT2D eigenvalue weighted by molar-refractivity contribution is -0.137. The first kappa shape index (κ1) is 14.4. The van der Waals surface area contributed by atoms with Crippen LogP contribution in [0.1, 0.15) is 43.0 Å². The van der Waals surface area contributed by atoms with E-state index >= 15 is 0 Å². The molecule has 2 atom stereocenters. The summed E-state index contributed by atoms with van der Waals surface area (Å²) in [6, 6.07) is 4.13. The van der Waals surface area contributed by atoms with Gasteiger partial charge in [0.1, 0.15) is 5.82 Å². The zero-order chi connectivity index (χ0) is 15.0. The number of rotatable bonds is 2. The molecule has 1 aliphatic carbocycles.